The van der Waals surface area contributed by atoms with Gasteiger partial charge >= 0.3 is 0 Å². The summed E-state index contributed by atoms with van der Waals surface area (Å²) >= 11 is 0. The number of aliphatic hydroxyl groups excluding tert-OH is 1. The van der Waals surface area contributed by atoms with Crippen molar-refractivity contribution in [1.29, 1.82) is 0 Å². The maximum absolute atomic E-state index is 10.0. The Hall–Kier alpha value is -0.160. The molecule has 0 aliphatic carbocycles. The number of fused-ring (bicyclic) bond motifs is 2. The second kappa shape index (κ2) is 4.78. The van der Waals surface area contributed by atoms with Crippen LogP contribution in [-0.2, 0) is 14.2 Å². The van der Waals surface area contributed by atoms with Crippen LogP contribution in [0.1, 0.15) is 26.7 Å². The van der Waals surface area contributed by atoms with Crippen molar-refractivity contribution in [2.24, 2.45) is 5.92 Å². The highest BCUT2D eigenvalue weighted by Gasteiger charge is 2.48. The smallest absolute Gasteiger partial charge is 0.186 e. The second-order valence-corrected chi connectivity index (χ2v) is 4.41. The van der Waals surface area contributed by atoms with Crippen LogP contribution in [-0.4, -0.2) is 42.9 Å². The topological polar surface area (TPSA) is 47.9 Å². The van der Waals surface area contributed by atoms with Crippen LogP contribution in [0, 0.1) is 5.92 Å². The summed E-state index contributed by atoms with van der Waals surface area (Å²) in [7, 11) is 0. The molecule has 0 radical (unpaired) electrons. The van der Waals surface area contributed by atoms with Gasteiger partial charge < -0.3 is 19.3 Å². The molecule has 0 aromatic rings. The highest BCUT2D eigenvalue weighted by molar-refractivity contribution is 4.91. The van der Waals surface area contributed by atoms with Crippen molar-refractivity contribution in [3.8, 4) is 0 Å². The number of aliphatic hydroxyl groups is 1. The van der Waals surface area contributed by atoms with E-state index in [4.69, 9.17) is 14.2 Å². The molecule has 2 bridgehead atoms. The van der Waals surface area contributed by atoms with Gasteiger partial charge in [-0.3, -0.25) is 0 Å². The first kappa shape index (κ1) is 11.3. The van der Waals surface area contributed by atoms with Gasteiger partial charge in [0, 0.05) is 12.5 Å². The Balaban J connectivity index is 1.91. The number of unbranched alkanes of at least 4 members (excludes halogenated alkanes) is 1. The maximum atomic E-state index is 10.0. The largest absolute Gasteiger partial charge is 0.390 e. The highest BCUT2D eigenvalue weighted by atomic mass is 16.7. The van der Waals surface area contributed by atoms with Gasteiger partial charge in [0.15, 0.2) is 6.29 Å². The molecule has 5 atom stereocenters. The van der Waals surface area contributed by atoms with Crippen molar-refractivity contribution in [1.82, 2.24) is 0 Å². The summed E-state index contributed by atoms with van der Waals surface area (Å²) in [5.41, 5.74) is 0. The van der Waals surface area contributed by atoms with E-state index in [2.05, 4.69) is 6.92 Å². The van der Waals surface area contributed by atoms with Gasteiger partial charge in [0.2, 0.25) is 0 Å². The molecule has 2 saturated heterocycles. The normalized spacial score (nSPS) is 44.6. The van der Waals surface area contributed by atoms with E-state index in [-0.39, 0.29) is 24.4 Å². The summed E-state index contributed by atoms with van der Waals surface area (Å²) in [6.45, 7) is 5.34. The van der Waals surface area contributed by atoms with Crippen LogP contribution in [0.25, 0.3) is 0 Å². The zero-order chi connectivity index (χ0) is 10.8. The first-order valence-corrected chi connectivity index (χ1v) is 5.80. The zero-order valence-electron chi connectivity index (χ0n) is 9.39. The van der Waals surface area contributed by atoms with Gasteiger partial charge in [-0.25, -0.2) is 0 Å². The Morgan fingerprint density at radius 3 is 3.00 bits per heavy atom. The van der Waals surface area contributed by atoms with Crippen LogP contribution < -0.4 is 0 Å². The van der Waals surface area contributed by atoms with Crippen LogP contribution in [0.5, 0.6) is 0 Å². The predicted molar refractivity (Wildman–Crippen MR) is 54.4 cm³/mol. The molecule has 0 aromatic carbocycles. The van der Waals surface area contributed by atoms with Gasteiger partial charge in [-0.05, 0) is 6.42 Å². The molecule has 15 heavy (non-hydrogen) atoms. The summed E-state index contributed by atoms with van der Waals surface area (Å²) in [6.07, 6.45) is 0.994. The molecule has 0 amide bonds. The van der Waals surface area contributed by atoms with Crippen molar-refractivity contribution in [2.75, 3.05) is 13.2 Å². The van der Waals surface area contributed by atoms with Crippen LogP contribution in [0.15, 0.2) is 0 Å². The van der Waals surface area contributed by atoms with Crippen molar-refractivity contribution in [3.05, 3.63) is 0 Å². The molecule has 1 N–H and O–H groups in total. The van der Waals surface area contributed by atoms with E-state index in [1.54, 1.807) is 0 Å². The number of hydrogen-bond acceptors (Lipinski definition) is 4. The van der Waals surface area contributed by atoms with Crippen LogP contribution in [0.3, 0.4) is 0 Å². The molecule has 2 aliphatic rings. The molecule has 2 aliphatic heterocycles. The average molecular weight is 216 g/mol. The lowest BCUT2D eigenvalue weighted by Gasteiger charge is -2.36. The first-order chi connectivity index (χ1) is 7.24. The molecule has 0 aromatic heterocycles. The number of hydrogen-bond donors (Lipinski definition) is 1. The lowest BCUT2D eigenvalue weighted by atomic mass is 9.92. The number of rotatable bonds is 4. The maximum Gasteiger partial charge on any atom is 0.186 e. The molecule has 2 heterocycles. The molecule has 88 valence electrons. The first-order valence-electron chi connectivity index (χ1n) is 5.80. The third-order valence-corrected chi connectivity index (χ3v) is 3.27. The molecule has 2 unspecified atom stereocenters. The summed E-state index contributed by atoms with van der Waals surface area (Å²) < 4.78 is 16.7. The Bertz CT molecular complexity index is 209. The van der Waals surface area contributed by atoms with E-state index >= 15 is 0 Å². The highest BCUT2D eigenvalue weighted by Crippen LogP contribution is 2.33. The standard InChI is InChI=1S/C11H20O4/c1-3-4-5-13-10-9(12)7(2)8-6-14-11(10)15-8/h7-12H,3-6H2,1-2H3/t7-,8?,9-,10?,11-/m1/s1. The van der Waals surface area contributed by atoms with Crippen molar-refractivity contribution >= 4 is 0 Å². The van der Waals surface area contributed by atoms with Crippen molar-refractivity contribution in [3.63, 3.8) is 0 Å². The Labute approximate surface area is 90.5 Å². The zero-order valence-corrected chi connectivity index (χ0v) is 9.39. The molecule has 0 spiro atoms. The Kier molecular flexibility index (Phi) is 3.61. The van der Waals surface area contributed by atoms with Gasteiger partial charge in [-0.2, -0.15) is 0 Å². The molecule has 4 nitrogen and oxygen atoms in total. The lowest BCUT2D eigenvalue weighted by Crippen LogP contribution is -2.50. The minimum atomic E-state index is -0.465. The van der Waals surface area contributed by atoms with E-state index in [1.807, 2.05) is 6.92 Å². The van der Waals surface area contributed by atoms with Gasteiger partial charge in [0.05, 0.1) is 18.8 Å². The van der Waals surface area contributed by atoms with Crippen molar-refractivity contribution in [2.45, 2.75) is 51.3 Å². The molecule has 2 rings (SSSR count). The molecule has 4 heteroatoms. The Morgan fingerprint density at radius 1 is 1.47 bits per heavy atom. The lowest BCUT2D eigenvalue weighted by molar-refractivity contribution is -0.227. The van der Waals surface area contributed by atoms with E-state index < -0.39 is 6.10 Å². The summed E-state index contributed by atoms with van der Waals surface area (Å²) in [4.78, 5) is 0. The van der Waals surface area contributed by atoms with E-state index in [9.17, 15) is 5.11 Å². The van der Waals surface area contributed by atoms with Gasteiger partial charge in [0.1, 0.15) is 6.10 Å². The number of ether oxygens (including phenoxy) is 3. The molecular weight excluding hydrogens is 196 g/mol. The van der Waals surface area contributed by atoms with E-state index in [1.165, 1.54) is 0 Å². The monoisotopic (exact) mass is 216 g/mol. The van der Waals surface area contributed by atoms with Crippen LogP contribution in [0.2, 0.25) is 0 Å². The van der Waals surface area contributed by atoms with Crippen LogP contribution in [0.4, 0.5) is 0 Å². The van der Waals surface area contributed by atoms with E-state index in [0.29, 0.717) is 13.2 Å². The van der Waals surface area contributed by atoms with Gasteiger partial charge in [0.25, 0.3) is 0 Å². The fraction of sp³-hybridized carbons (Fsp3) is 1.00. The third kappa shape index (κ3) is 2.18. The minimum absolute atomic E-state index is 0.0380. The average Bonchev–Trinajstić information content (AvgIpc) is 2.67. The SMILES string of the molecule is CCCCOC1[C@@H]2OCC(O2)[C@@H](C)[C@H]1O. The molecular formula is C11H20O4. The summed E-state index contributed by atoms with van der Waals surface area (Å²) in [6, 6.07) is 0. The second-order valence-electron chi connectivity index (χ2n) is 4.41. The summed E-state index contributed by atoms with van der Waals surface area (Å²) in [5.74, 6) is 0.0929. The molecule has 2 fully saturated rings. The van der Waals surface area contributed by atoms with Gasteiger partial charge in [-0.1, -0.05) is 20.3 Å². The van der Waals surface area contributed by atoms with E-state index in [0.717, 1.165) is 12.8 Å². The van der Waals surface area contributed by atoms with Crippen molar-refractivity contribution < 1.29 is 19.3 Å². The Morgan fingerprint density at radius 2 is 2.27 bits per heavy atom. The minimum Gasteiger partial charge on any atom is -0.390 e. The van der Waals surface area contributed by atoms with Crippen LogP contribution >= 0.6 is 0 Å². The quantitative estimate of drug-likeness (QED) is 0.710. The fourth-order valence-electron chi connectivity index (χ4n) is 2.11. The van der Waals surface area contributed by atoms with Gasteiger partial charge in [-0.15, -0.1) is 0 Å². The fourth-order valence-corrected chi connectivity index (χ4v) is 2.11. The predicted octanol–water partition coefficient (Wildman–Crippen LogP) is 0.924. The summed E-state index contributed by atoms with van der Waals surface area (Å²) in [5, 5.41) is 10.0. The molecule has 0 saturated carbocycles. The third-order valence-electron chi connectivity index (χ3n) is 3.27.